The number of hydrogen-bond donors (Lipinski definition) is 1. The summed E-state index contributed by atoms with van der Waals surface area (Å²) < 4.78 is 19.4. The second-order valence-corrected chi connectivity index (χ2v) is 22.6. The molecule has 4 atom stereocenters. The zero-order valence-corrected chi connectivity index (χ0v) is 50.1. The molecule has 0 amide bonds. The minimum Gasteiger partial charge on any atom is -0.379 e. The van der Waals surface area contributed by atoms with Crippen LogP contribution in [-0.2, 0) is 19.7 Å². The molecule has 1 saturated heterocycles. The summed E-state index contributed by atoms with van der Waals surface area (Å²) in [5, 5.41) is 3.17. The summed E-state index contributed by atoms with van der Waals surface area (Å²) in [6.45, 7) is 49.3. The number of carbonyl (C=O) groups excluding carboxylic acids is 2. The normalized spacial score (nSPS) is 20.8. The molecule has 4 rings (SSSR count). The lowest BCUT2D eigenvalue weighted by Gasteiger charge is -2.38. The van der Waals surface area contributed by atoms with Crippen LogP contribution in [0, 0.1) is 53.8 Å². The number of nitrogens with one attached hydrogen (secondary N) is 1. The summed E-state index contributed by atoms with van der Waals surface area (Å²) in [7, 11) is 0. The number of nitrogens with zero attached hydrogens (tertiary/aromatic N) is 1. The summed E-state index contributed by atoms with van der Waals surface area (Å²) in [6.07, 6.45) is 26.4. The van der Waals surface area contributed by atoms with Crippen LogP contribution in [0.4, 0.5) is 4.39 Å². The van der Waals surface area contributed by atoms with E-state index in [0.29, 0.717) is 30.5 Å². The molecule has 410 valence electrons. The van der Waals surface area contributed by atoms with Crippen LogP contribution in [-0.4, -0.2) is 31.0 Å². The number of rotatable bonds is 23. The van der Waals surface area contributed by atoms with Crippen molar-refractivity contribution in [2.75, 3.05) is 13.2 Å². The molecule has 4 unspecified atom stereocenters. The number of benzene rings is 1. The molecular formula is C66H111FN2O3. The van der Waals surface area contributed by atoms with Crippen molar-refractivity contribution in [2.45, 2.75) is 233 Å². The standard InChI is InChI=1S/C37H53FN2O.C9H16O2.C9H18.C7H14.C4H10/c1-12-18-34(33(38)17-6)40-30(11)29(10)35(39-23-15-4)25-27(8)31-19-20-32(28(9)24-31)37(21-13-2,22-14-3)36(41)26(7)16-5;1-4-7(2)8(10)9(3)5-11-6-9;1-3-8-5-6-9(4-2)7-8;1-3-7-4-6(2)5-7;1-4(2)3/h12,17-20,23-26,40H,6,8,13-16,21-22H2,1-5,7,9-11H3;7H,4-6H2,1-3H3;8-9H,3-7H2,1-2H3;6-7H,3-5H2,1-2H3;4H,1-3H3/b18-12-,30-29+,34-33-,35-25+,39-23?;;;;. The van der Waals surface area contributed by atoms with E-state index in [4.69, 9.17) is 9.73 Å². The summed E-state index contributed by atoms with van der Waals surface area (Å²) in [5.41, 5.74) is 6.19. The first-order chi connectivity index (χ1) is 34.0. The Morgan fingerprint density at radius 3 is 1.76 bits per heavy atom. The van der Waals surface area contributed by atoms with E-state index in [1.807, 2.05) is 60.8 Å². The highest BCUT2D eigenvalue weighted by molar-refractivity contribution is 5.92. The van der Waals surface area contributed by atoms with Crippen molar-refractivity contribution >= 4 is 23.4 Å². The van der Waals surface area contributed by atoms with Gasteiger partial charge in [0.1, 0.15) is 17.4 Å². The maximum Gasteiger partial charge on any atom is 0.146 e. The fourth-order valence-electron chi connectivity index (χ4n) is 9.96. The van der Waals surface area contributed by atoms with Gasteiger partial charge in [0.05, 0.1) is 35.4 Å². The predicted octanol–water partition coefficient (Wildman–Crippen LogP) is 19.6. The topological polar surface area (TPSA) is 67.8 Å². The van der Waals surface area contributed by atoms with Gasteiger partial charge in [0.15, 0.2) is 0 Å². The highest BCUT2D eigenvalue weighted by Crippen LogP contribution is 2.41. The largest absolute Gasteiger partial charge is 0.379 e. The minimum absolute atomic E-state index is 0.0267. The first kappa shape index (κ1) is 68.4. The molecule has 1 N–H and O–H groups in total. The first-order valence-electron chi connectivity index (χ1n) is 28.8. The molecular weight excluding hydrogens is 888 g/mol. The lowest BCUT2D eigenvalue weighted by atomic mass is 9.65. The molecule has 0 bridgehead atoms. The molecule has 1 heterocycles. The van der Waals surface area contributed by atoms with Crippen molar-refractivity contribution in [1.29, 1.82) is 0 Å². The number of allylic oxidation sites excluding steroid dienone is 8. The van der Waals surface area contributed by atoms with Gasteiger partial charge in [-0.1, -0.05) is 179 Å². The molecule has 0 aromatic heterocycles. The second-order valence-electron chi connectivity index (χ2n) is 22.6. The van der Waals surface area contributed by atoms with Gasteiger partial charge in [-0.15, -0.1) is 0 Å². The quantitative estimate of drug-likeness (QED) is 0.0876. The molecule has 2 saturated carbocycles. The number of aliphatic imine (C=N–C) groups is 1. The van der Waals surface area contributed by atoms with Crippen LogP contribution in [0.25, 0.3) is 5.57 Å². The van der Waals surface area contributed by atoms with E-state index < -0.39 is 11.2 Å². The van der Waals surface area contributed by atoms with Gasteiger partial charge in [-0.2, -0.15) is 0 Å². The van der Waals surface area contributed by atoms with Crippen molar-refractivity contribution in [2.24, 2.45) is 51.8 Å². The zero-order chi connectivity index (χ0) is 55.2. The Morgan fingerprint density at radius 1 is 0.875 bits per heavy atom. The highest BCUT2D eigenvalue weighted by atomic mass is 19.1. The Bertz CT molecular complexity index is 1900. The Balaban J connectivity index is 0.00000128. The summed E-state index contributed by atoms with van der Waals surface area (Å²) in [4.78, 5) is 30.1. The average molecular weight is 1000 g/mol. The second kappa shape index (κ2) is 36.3. The number of ketones is 2. The maximum atomic E-state index is 14.4. The van der Waals surface area contributed by atoms with Gasteiger partial charge in [-0.25, -0.2) is 4.39 Å². The minimum atomic E-state index is -0.462. The van der Waals surface area contributed by atoms with Crippen LogP contribution >= 0.6 is 0 Å². The first-order valence-corrected chi connectivity index (χ1v) is 28.8. The van der Waals surface area contributed by atoms with Crippen LogP contribution in [0.5, 0.6) is 0 Å². The van der Waals surface area contributed by atoms with Crippen molar-refractivity contribution in [3.8, 4) is 0 Å². The Labute approximate surface area is 444 Å². The van der Waals surface area contributed by atoms with Crippen molar-refractivity contribution in [3.63, 3.8) is 0 Å². The SMILES string of the molecule is C=C/C(F)=C(\C=C/C)N/C(C)=C(C)/C(=C\C(=C)c1ccc(C(CCC)(CCC)C(=O)C(C)CC)c(C)c1)N=CCC.CC(C)C.CCC(C)C(=O)C1(C)COC1.CCC1CC(C)C1.CCC1CCC(CC)C1. The number of aryl methyl sites for hydroxylation is 1. The van der Waals surface area contributed by atoms with E-state index >= 15 is 0 Å². The smallest absolute Gasteiger partial charge is 0.146 e. The van der Waals surface area contributed by atoms with Crippen LogP contribution < -0.4 is 5.32 Å². The molecule has 1 aromatic carbocycles. The Kier molecular flexibility index (Phi) is 34.5. The molecule has 0 radical (unpaired) electrons. The molecule has 6 heteroatoms. The summed E-state index contributed by atoms with van der Waals surface area (Å²) >= 11 is 0. The predicted molar refractivity (Wildman–Crippen MR) is 315 cm³/mol. The monoisotopic (exact) mass is 999 g/mol. The van der Waals surface area contributed by atoms with E-state index in [1.165, 1.54) is 57.4 Å². The summed E-state index contributed by atoms with van der Waals surface area (Å²) in [5.74, 6) is 5.66. The average Bonchev–Trinajstić information content (AvgIpc) is 3.83. The molecule has 3 aliphatic rings. The van der Waals surface area contributed by atoms with Gasteiger partial charge in [0.2, 0.25) is 0 Å². The number of carbonyl (C=O) groups is 2. The molecule has 0 spiro atoms. The van der Waals surface area contributed by atoms with Crippen molar-refractivity contribution in [1.82, 2.24) is 5.32 Å². The molecule has 72 heavy (non-hydrogen) atoms. The lowest BCUT2D eigenvalue weighted by Crippen LogP contribution is -2.48. The van der Waals surface area contributed by atoms with E-state index in [1.54, 1.807) is 12.2 Å². The van der Waals surface area contributed by atoms with Crippen LogP contribution in [0.1, 0.15) is 238 Å². The van der Waals surface area contributed by atoms with Crippen molar-refractivity contribution < 1.29 is 18.7 Å². The zero-order valence-electron chi connectivity index (χ0n) is 50.1. The highest BCUT2D eigenvalue weighted by Gasteiger charge is 2.42. The van der Waals surface area contributed by atoms with E-state index in [-0.39, 0.29) is 17.3 Å². The third-order valence-corrected chi connectivity index (χ3v) is 15.1. The van der Waals surface area contributed by atoms with Gasteiger partial charge in [-0.3, -0.25) is 14.6 Å². The maximum absolute atomic E-state index is 14.4. The van der Waals surface area contributed by atoms with Crippen molar-refractivity contribution in [3.05, 3.63) is 101 Å². The Morgan fingerprint density at radius 2 is 1.40 bits per heavy atom. The Hall–Kier alpha value is -3.64. The molecule has 1 aliphatic heterocycles. The van der Waals surface area contributed by atoms with Gasteiger partial charge in [0, 0.05) is 23.7 Å². The van der Waals surface area contributed by atoms with E-state index in [0.717, 1.165) is 114 Å². The van der Waals surface area contributed by atoms with Gasteiger partial charge in [0.25, 0.3) is 0 Å². The number of ether oxygens (including phenoxy) is 1. The third kappa shape index (κ3) is 22.9. The van der Waals surface area contributed by atoms with Crippen LogP contribution in [0.15, 0.2) is 89.1 Å². The van der Waals surface area contributed by atoms with E-state index in [9.17, 15) is 14.0 Å². The van der Waals surface area contributed by atoms with Crippen LogP contribution in [0.2, 0.25) is 0 Å². The van der Waals surface area contributed by atoms with Gasteiger partial charge < -0.3 is 10.1 Å². The van der Waals surface area contributed by atoms with Gasteiger partial charge >= 0.3 is 0 Å². The number of Topliss-reactive ketones (excluding diaryl/α,β-unsaturated/α-hetero) is 2. The number of hydrogen-bond acceptors (Lipinski definition) is 5. The fraction of sp³-hybridized carbons (Fsp3) is 0.682. The third-order valence-electron chi connectivity index (χ3n) is 15.1. The van der Waals surface area contributed by atoms with Crippen LogP contribution in [0.3, 0.4) is 0 Å². The van der Waals surface area contributed by atoms with E-state index in [2.05, 4.69) is 120 Å². The molecule has 2 aliphatic carbocycles. The van der Waals surface area contributed by atoms with Gasteiger partial charge in [-0.05, 0) is 162 Å². The molecule has 3 fully saturated rings. The fourth-order valence-corrected chi connectivity index (χ4v) is 9.96. The summed E-state index contributed by atoms with van der Waals surface area (Å²) in [6, 6.07) is 6.38. The number of halogens is 1. The lowest BCUT2D eigenvalue weighted by molar-refractivity contribution is -0.159. The molecule has 5 nitrogen and oxygen atoms in total. The molecule has 1 aromatic rings.